The van der Waals surface area contributed by atoms with Gasteiger partial charge in [-0.3, -0.25) is 4.79 Å². The summed E-state index contributed by atoms with van der Waals surface area (Å²) < 4.78 is 0. The van der Waals surface area contributed by atoms with Crippen molar-refractivity contribution in [2.45, 2.75) is 5.75 Å². The normalized spacial score (nSPS) is 10.5. The number of nitrogens with one attached hydrogen (secondary N) is 1. The van der Waals surface area contributed by atoms with Crippen LogP contribution in [0.25, 0.3) is 11.0 Å². The number of aromatic amines is 1. The number of thiol groups is 1. The van der Waals surface area contributed by atoms with Gasteiger partial charge in [-0.05, 0) is 17.7 Å². The second kappa shape index (κ2) is 3.22. The van der Waals surface area contributed by atoms with Crippen LogP contribution >= 0.6 is 12.6 Å². The van der Waals surface area contributed by atoms with Crippen molar-refractivity contribution >= 4 is 23.7 Å². The molecule has 1 heterocycles. The van der Waals surface area contributed by atoms with Crippen LogP contribution in [0.3, 0.4) is 0 Å². The number of hydrogen-bond donors (Lipinski definition) is 2. The third-order valence-electron chi connectivity index (χ3n) is 1.82. The quantitative estimate of drug-likeness (QED) is 0.670. The molecule has 0 bridgehead atoms. The van der Waals surface area contributed by atoms with Gasteiger partial charge in [0.25, 0.3) is 5.56 Å². The van der Waals surface area contributed by atoms with Crippen LogP contribution in [0.2, 0.25) is 0 Å². The highest BCUT2D eigenvalue weighted by atomic mass is 32.1. The maximum atomic E-state index is 10.9. The molecule has 66 valence electrons. The summed E-state index contributed by atoms with van der Waals surface area (Å²) in [6.45, 7) is 0. The first-order valence-electron chi connectivity index (χ1n) is 3.88. The Balaban J connectivity index is 2.75. The molecule has 0 amide bonds. The molecule has 0 spiro atoms. The molecule has 3 nitrogen and oxygen atoms in total. The van der Waals surface area contributed by atoms with Crippen LogP contribution in [-0.2, 0) is 5.75 Å². The van der Waals surface area contributed by atoms with Crippen LogP contribution in [-0.4, -0.2) is 9.97 Å². The zero-order valence-electron chi connectivity index (χ0n) is 6.82. The summed E-state index contributed by atoms with van der Waals surface area (Å²) in [4.78, 5) is 17.6. The van der Waals surface area contributed by atoms with Gasteiger partial charge in [0.1, 0.15) is 0 Å². The van der Waals surface area contributed by atoms with Gasteiger partial charge in [0.05, 0.1) is 17.2 Å². The van der Waals surface area contributed by atoms with Crippen molar-refractivity contribution in [3.05, 3.63) is 40.3 Å². The van der Waals surface area contributed by atoms with Crippen LogP contribution in [0.15, 0.2) is 29.2 Å². The van der Waals surface area contributed by atoms with Crippen molar-refractivity contribution in [3.63, 3.8) is 0 Å². The Morgan fingerprint density at radius 2 is 2.31 bits per heavy atom. The standard InChI is InChI=1S/C9H8N2OS/c12-9-4-10-7-2-1-6(5-13)3-8(7)11-9/h1-4,13H,5H2,(H,11,12). The van der Waals surface area contributed by atoms with Crippen molar-refractivity contribution in [3.8, 4) is 0 Å². The first-order valence-corrected chi connectivity index (χ1v) is 4.51. The fourth-order valence-electron chi connectivity index (χ4n) is 1.19. The molecule has 0 fully saturated rings. The summed E-state index contributed by atoms with van der Waals surface area (Å²) in [5.41, 5.74) is 2.45. The molecule has 0 atom stereocenters. The highest BCUT2D eigenvalue weighted by Gasteiger charge is 1.96. The minimum absolute atomic E-state index is 0.177. The Morgan fingerprint density at radius 1 is 1.46 bits per heavy atom. The molecule has 0 aliphatic rings. The Labute approximate surface area is 80.2 Å². The van der Waals surface area contributed by atoms with E-state index in [4.69, 9.17) is 0 Å². The largest absolute Gasteiger partial charge is 0.319 e. The van der Waals surface area contributed by atoms with E-state index in [-0.39, 0.29) is 5.56 Å². The van der Waals surface area contributed by atoms with Gasteiger partial charge in [0.2, 0.25) is 0 Å². The van der Waals surface area contributed by atoms with E-state index in [2.05, 4.69) is 22.6 Å². The predicted octanol–water partition coefficient (Wildman–Crippen LogP) is 1.35. The van der Waals surface area contributed by atoms with E-state index in [1.54, 1.807) is 0 Å². The Kier molecular flexibility index (Phi) is 2.06. The van der Waals surface area contributed by atoms with Gasteiger partial charge < -0.3 is 4.98 Å². The number of nitrogens with zero attached hydrogens (tertiary/aromatic N) is 1. The van der Waals surface area contributed by atoms with Gasteiger partial charge >= 0.3 is 0 Å². The zero-order chi connectivity index (χ0) is 9.26. The van der Waals surface area contributed by atoms with E-state index >= 15 is 0 Å². The molecular formula is C9H8N2OS. The lowest BCUT2D eigenvalue weighted by Crippen LogP contribution is -2.04. The Morgan fingerprint density at radius 3 is 3.08 bits per heavy atom. The van der Waals surface area contributed by atoms with E-state index in [0.717, 1.165) is 16.6 Å². The van der Waals surface area contributed by atoms with Gasteiger partial charge in [-0.15, -0.1) is 0 Å². The molecule has 1 N–H and O–H groups in total. The van der Waals surface area contributed by atoms with Crippen LogP contribution in [0, 0.1) is 0 Å². The van der Waals surface area contributed by atoms with Gasteiger partial charge in [-0.2, -0.15) is 12.6 Å². The van der Waals surface area contributed by atoms with Crippen LogP contribution < -0.4 is 5.56 Å². The molecule has 1 aromatic heterocycles. The van der Waals surface area contributed by atoms with Crippen molar-refractivity contribution in [1.29, 1.82) is 0 Å². The summed E-state index contributed by atoms with van der Waals surface area (Å²) >= 11 is 4.15. The summed E-state index contributed by atoms with van der Waals surface area (Å²) in [5.74, 6) is 0.660. The molecule has 2 aromatic rings. The lowest BCUT2D eigenvalue weighted by molar-refractivity contribution is 1.21. The smallest absolute Gasteiger partial charge is 0.266 e. The van der Waals surface area contributed by atoms with Gasteiger partial charge in [-0.1, -0.05) is 6.07 Å². The average molecular weight is 192 g/mol. The zero-order valence-corrected chi connectivity index (χ0v) is 7.71. The van der Waals surface area contributed by atoms with Crippen molar-refractivity contribution in [2.24, 2.45) is 0 Å². The monoisotopic (exact) mass is 192 g/mol. The molecule has 0 aliphatic heterocycles. The SMILES string of the molecule is O=c1cnc2ccc(CS)cc2[nH]1. The van der Waals surface area contributed by atoms with E-state index in [0.29, 0.717) is 5.75 Å². The van der Waals surface area contributed by atoms with Gasteiger partial charge in [0, 0.05) is 5.75 Å². The second-order valence-electron chi connectivity index (χ2n) is 2.76. The summed E-state index contributed by atoms with van der Waals surface area (Å²) in [6.07, 6.45) is 1.28. The van der Waals surface area contributed by atoms with E-state index < -0.39 is 0 Å². The maximum Gasteiger partial charge on any atom is 0.266 e. The highest BCUT2D eigenvalue weighted by molar-refractivity contribution is 7.79. The van der Waals surface area contributed by atoms with E-state index in [1.807, 2.05) is 18.2 Å². The summed E-state index contributed by atoms with van der Waals surface area (Å²) in [7, 11) is 0. The van der Waals surface area contributed by atoms with Crippen molar-refractivity contribution in [1.82, 2.24) is 9.97 Å². The number of benzene rings is 1. The fourth-order valence-corrected chi connectivity index (χ4v) is 1.38. The topological polar surface area (TPSA) is 45.8 Å². The number of hydrogen-bond acceptors (Lipinski definition) is 3. The van der Waals surface area contributed by atoms with Gasteiger partial charge in [0.15, 0.2) is 0 Å². The fraction of sp³-hybridized carbons (Fsp3) is 0.111. The first-order chi connectivity index (χ1) is 6.29. The maximum absolute atomic E-state index is 10.9. The average Bonchev–Trinajstić information content (AvgIpc) is 2.16. The lowest BCUT2D eigenvalue weighted by Gasteiger charge is -1.98. The number of aromatic nitrogens is 2. The van der Waals surface area contributed by atoms with Crippen LogP contribution in [0.1, 0.15) is 5.56 Å². The van der Waals surface area contributed by atoms with Crippen LogP contribution in [0.5, 0.6) is 0 Å². The molecule has 0 saturated heterocycles. The molecule has 2 rings (SSSR count). The Hall–Kier alpha value is -1.29. The van der Waals surface area contributed by atoms with Crippen molar-refractivity contribution in [2.75, 3.05) is 0 Å². The lowest BCUT2D eigenvalue weighted by atomic mass is 10.2. The van der Waals surface area contributed by atoms with E-state index in [1.165, 1.54) is 6.20 Å². The molecule has 4 heteroatoms. The molecule has 0 aliphatic carbocycles. The van der Waals surface area contributed by atoms with Crippen LogP contribution in [0.4, 0.5) is 0 Å². The Bertz CT molecular complexity index is 492. The van der Waals surface area contributed by atoms with E-state index in [9.17, 15) is 4.79 Å². The number of fused-ring (bicyclic) bond motifs is 1. The minimum Gasteiger partial charge on any atom is -0.319 e. The third-order valence-corrected chi connectivity index (χ3v) is 2.19. The molecule has 13 heavy (non-hydrogen) atoms. The highest BCUT2D eigenvalue weighted by Crippen LogP contribution is 2.10. The molecule has 0 unspecified atom stereocenters. The number of H-pyrrole nitrogens is 1. The molecule has 0 radical (unpaired) electrons. The third kappa shape index (κ3) is 1.58. The molecular weight excluding hydrogens is 184 g/mol. The molecule has 1 aromatic carbocycles. The first kappa shape index (κ1) is 8.31. The predicted molar refractivity (Wildman–Crippen MR) is 55.1 cm³/mol. The molecule has 0 saturated carbocycles. The summed E-state index contributed by atoms with van der Waals surface area (Å²) in [6, 6.07) is 5.70. The minimum atomic E-state index is -0.177. The number of rotatable bonds is 1. The second-order valence-corrected chi connectivity index (χ2v) is 3.07. The van der Waals surface area contributed by atoms with Crippen molar-refractivity contribution < 1.29 is 0 Å². The summed E-state index contributed by atoms with van der Waals surface area (Å²) in [5, 5.41) is 0. The van der Waals surface area contributed by atoms with Gasteiger partial charge in [-0.25, -0.2) is 4.98 Å².